The van der Waals surface area contributed by atoms with Crippen LogP contribution in [0.2, 0.25) is 5.02 Å². The van der Waals surface area contributed by atoms with Gasteiger partial charge in [-0.05, 0) is 25.0 Å². The van der Waals surface area contributed by atoms with Crippen LogP contribution >= 0.6 is 11.6 Å². The minimum Gasteiger partial charge on any atom is -0.329 e. The van der Waals surface area contributed by atoms with Gasteiger partial charge in [0.2, 0.25) is 0 Å². The van der Waals surface area contributed by atoms with Gasteiger partial charge in [0.25, 0.3) is 10.2 Å². The van der Waals surface area contributed by atoms with Crippen LogP contribution in [0.4, 0.5) is 4.39 Å². The monoisotopic (exact) mass is 349 g/mol. The highest BCUT2D eigenvalue weighted by atomic mass is 35.5. The van der Waals surface area contributed by atoms with Crippen LogP contribution in [-0.4, -0.2) is 43.2 Å². The number of halogens is 2. The number of hydrogen-bond acceptors (Lipinski definition) is 3. The lowest BCUT2D eigenvalue weighted by molar-refractivity contribution is 0.239. The van der Waals surface area contributed by atoms with Gasteiger partial charge >= 0.3 is 0 Å². The van der Waals surface area contributed by atoms with E-state index in [1.165, 1.54) is 23.5 Å². The van der Waals surface area contributed by atoms with E-state index in [-0.39, 0.29) is 29.7 Å². The highest BCUT2D eigenvalue weighted by Gasteiger charge is 2.34. The summed E-state index contributed by atoms with van der Waals surface area (Å²) in [5.74, 6) is -0.511. The number of nitrogens with two attached hydrogens (primary N) is 1. The van der Waals surface area contributed by atoms with Crippen molar-refractivity contribution in [1.29, 1.82) is 0 Å². The second-order valence-electron chi connectivity index (χ2n) is 5.46. The highest BCUT2D eigenvalue weighted by Crippen LogP contribution is 2.25. The molecule has 5 nitrogen and oxygen atoms in total. The van der Waals surface area contributed by atoms with Crippen molar-refractivity contribution in [2.24, 2.45) is 5.73 Å². The smallest absolute Gasteiger partial charge is 0.282 e. The summed E-state index contributed by atoms with van der Waals surface area (Å²) >= 11 is 5.97. The Balaban J connectivity index is 2.21. The summed E-state index contributed by atoms with van der Waals surface area (Å²) in [5, 5.41) is 0.219. The van der Waals surface area contributed by atoms with Crippen molar-refractivity contribution < 1.29 is 12.8 Å². The van der Waals surface area contributed by atoms with E-state index < -0.39 is 16.0 Å². The molecule has 0 aliphatic carbocycles. The lowest BCUT2D eigenvalue weighted by Gasteiger charge is -2.36. The predicted octanol–water partition coefficient (Wildman–Crippen LogP) is 1.97. The summed E-state index contributed by atoms with van der Waals surface area (Å²) in [5.41, 5.74) is 5.86. The summed E-state index contributed by atoms with van der Waals surface area (Å²) in [6.45, 7) is 0.620. The van der Waals surface area contributed by atoms with Gasteiger partial charge in [-0.15, -0.1) is 0 Å². The van der Waals surface area contributed by atoms with E-state index in [9.17, 15) is 12.8 Å². The Labute approximate surface area is 136 Å². The maximum atomic E-state index is 13.8. The molecule has 1 saturated heterocycles. The van der Waals surface area contributed by atoms with Crippen molar-refractivity contribution in [1.82, 2.24) is 8.61 Å². The molecule has 1 aromatic carbocycles. The average molecular weight is 350 g/mol. The Morgan fingerprint density at radius 2 is 2.18 bits per heavy atom. The molecule has 1 fully saturated rings. The summed E-state index contributed by atoms with van der Waals surface area (Å²) < 4.78 is 41.8. The van der Waals surface area contributed by atoms with Crippen molar-refractivity contribution in [2.45, 2.75) is 31.8 Å². The fourth-order valence-corrected chi connectivity index (χ4v) is 4.48. The maximum absolute atomic E-state index is 13.8. The van der Waals surface area contributed by atoms with E-state index in [0.717, 1.165) is 23.6 Å². The zero-order chi connectivity index (χ0) is 16.3. The highest BCUT2D eigenvalue weighted by molar-refractivity contribution is 7.86. The second kappa shape index (κ2) is 7.23. The Morgan fingerprint density at radius 3 is 2.82 bits per heavy atom. The molecule has 1 unspecified atom stereocenters. The number of rotatable bonds is 5. The molecule has 0 radical (unpaired) electrons. The lowest BCUT2D eigenvalue weighted by atomic mass is 10.1. The molecule has 0 aromatic heterocycles. The Bertz CT molecular complexity index is 606. The molecule has 0 amide bonds. The van der Waals surface area contributed by atoms with E-state index in [0.29, 0.717) is 6.54 Å². The molecule has 1 aliphatic rings. The van der Waals surface area contributed by atoms with Gasteiger partial charge < -0.3 is 5.73 Å². The van der Waals surface area contributed by atoms with E-state index >= 15 is 0 Å². The largest absolute Gasteiger partial charge is 0.329 e. The topological polar surface area (TPSA) is 66.6 Å². The third kappa shape index (κ3) is 3.60. The van der Waals surface area contributed by atoms with Gasteiger partial charge in [0, 0.05) is 43.3 Å². The quantitative estimate of drug-likeness (QED) is 0.883. The molecule has 1 atom stereocenters. The normalized spacial score (nSPS) is 20.5. The number of piperidine rings is 1. The van der Waals surface area contributed by atoms with E-state index in [1.54, 1.807) is 6.07 Å². The molecule has 2 N–H and O–H groups in total. The molecular weight excluding hydrogens is 329 g/mol. The van der Waals surface area contributed by atoms with Gasteiger partial charge in [-0.2, -0.15) is 17.0 Å². The van der Waals surface area contributed by atoms with Crippen LogP contribution < -0.4 is 5.73 Å². The van der Waals surface area contributed by atoms with Crippen LogP contribution in [-0.2, 0) is 16.8 Å². The molecule has 0 spiro atoms. The van der Waals surface area contributed by atoms with Crippen LogP contribution in [0.15, 0.2) is 18.2 Å². The number of hydrogen-bond donors (Lipinski definition) is 1. The van der Waals surface area contributed by atoms with Crippen LogP contribution in [0.3, 0.4) is 0 Å². The first kappa shape index (κ1) is 17.6. The van der Waals surface area contributed by atoms with Crippen molar-refractivity contribution in [2.75, 3.05) is 20.1 Å². The zero-order valence-electron chi connectivity index (χ0n) is 12.5. The van der Waals surface area contributed by atoms with Gasteiger partial charge in [0.1, 0.15) is 5.82 Å². The minimum absolute atomic E-state index is 0.109. The van der Waals surface area contributed by atoms with Crippen molar-refractivity contribution in [3.05, 3.63) is 34.6 Å². The van der Waals surface area contributed by atoms with Crippen molar-refractivity contribution in [3.63, 3.8) is 0 Å². The van der Waals surface area contributed by atoms with Gasteiger partial charge in [0.15, 0.2) is 0 Å². The van der Waals surface area contributed by atoms with Gasteiger partial charge in [-0.25, -0.2) is 4.39 Å². The fraction of sp³-hybridized carbons (Fsp3) is 0.571. The van der Waals surface area contributed by atoms with E-state index in [4.69, 9.17) is 17.3 Å². The molecule has 124 valence electrons. The molecule has 1 aliphatic heterocycles. The molecule has 1 aromatic rings. The third-order valence-corrected chi connectivity index (χ3v) is 6.32. The maximum Gasteiger partial charge on any atom is 0.282 e. The van der Waals surface area contributed by atoms with Crippen LogP contribution in [0, 0.1) is 5.82 Å². The Kier molecular flexibility index (Phi) is 5.79. The van der Waals surface area contributed by atoms with Crippen LogP contribution in [0.1, 0.15) is 24.8 Å². The first-order valence-electron chi connectivity index (χ1n) is 7.24. The van der Waals surface area contributed by atoms with E-state index in [1.807, 2.05) is 0 Å². The number of nitrogens with zero attached hydrogens (tertiary/aromatic N) is 2. The third-order valence-electron chi connectivity index (χ3n) is 3.98. The average Bonchev–Trinajstić information content (AvgIpc) is 2.50. The molecule has 2 rings (SSSR count). The SMILES string of the molecule is CN(Cc1c(F)cccc1Cl)S(=O)(=O)N1CCCCC1CN. The van der Waals surface area contributed by atoms with Gasteiger partial charge in [-0.3, -0.25) is 0 Å². The summed E-state index contributed by atoms with van der Waals surface area (Å²) in [6, 6.07) is 4.11. The molecule has 22 heavy (non-hydrogen) atoms. The molecule has 0 saturated carbocycles. The Morgan fingerprint density at radius 1 is 1.45 bits per heavy atom. The molecular formula is C14H21ClFN3O2S. The second-order valence-corrected chi connectivity index (χ2v) is 7.86. The summed E-state index contributed by atoms with van der Waals surface area (Å²) in [7, 11) is -2.26. The van der Waals surface area contributed by atoms with Crippen molar-refractivity contribution >= 4 is 21.8 Å². The predicted molar refractivity (Wildman–Crippen MR) is 85.2 cm³/mol. The fourth-order valence-electron chi connectivity index (χ4n) is 2.68. The summed E-state index contributed by atoms with van der Waals surface area (Å²) in [6.07, 6.45) is 2.53. The van der Waals surface area contributed by atoms with Gasteiger partial charge in [0.05, 0.1) is 0 Å². The standard InChI is InChI=1S/C14H21ClFN3O2S/c1-18(10-12-13(15)6-4-7-14(12)16)22(20,21)19-8-3-2-5-11(19)9-17/h4,6-7,11H,2-3,5,8-10,17H2,1H3. The molecule has 8 heteroatoms. The minimum atomic E-state index is -3.69. The van der Waals surface area contributed by atoms with E-state index in [2.05, 4.69) is 0 Å². The number of benzene rings is 1. The molecule has 0 bridgehead atoms. The summed E-state index contributed by atoms with van der Waals surface area (Å²) in [4.78, 5) is 0. The van der Waals surface area contributed by atoms with Crippen LogP contribution in [0.5, 0.6) is 0 Å². The zero-order valence-corrected chi connectivity index (χ0v) is 14.1. The molecule has 1 heterocycles. The first-order chi connectivity index (χ1) is 10.4. The lowest BCUT2D eigenvalue weighted by Crippen LogP contribution is -2.51. The van der Waals surface area contributed by atoms with Gasteiger partial charge in [-0.1, -0.05) is 24.1 Å². The first-order valence-corrected chi connectivity index (χ1v) is 9.01. The Hall–Kier alpha value is -0.730. The van der Waals surface area contributed by atoms with Crippen LogP contribution in [0.25, 0.3) is 0 Å². The van der Waals surface area contributed by atoms with Crippen molar-refractivity contribution in [3.8, 4) is 0 Å².